The molecule has 2 amide bonds. The van der Waals surface area contributed by atoms with E-state index in [2.05, 4.69) is 36.3 Å². The van der Waals surface area contributed by atoms with E-state index in [4.69, 9.17) is 4.74 Å². The normalized spacial score (nSPS) is 14.9. The van der Waals surface area contributed by atoms with Crippen molar-refractivity contribution >= 4 is 17.5 Å². The Morgan fingerprint density at radius 3 is 2.20 bits per heavy atom. The van der Waals surface area contributed by atoms with Gasteiger partial charge in [0, 0.05) is 30.9 Å². The lowest BCUT2D eigenvalue weighted by molar-refractivity contribution is -0.115. The second-order valence-corrected chi connectivity index (χ2v) is 8.64. The maximum atomic E-state index is 12.3. The van der Waals surface area contributed by atoms with Gasteiger partial charge in [-0.25, -0.2) is 0 Å². The number of carbonyl (C=O) groups excluding carboxylic acids is 2. The van der Waals surface area contributed by atoms with Crippen LogP contribution in [0.1, 0.15) is 42.3 Å². The second kappa shape index (κ2) is 9.87. The van der Waals surface area contributed by atoms with Crippen LogP contribution in [0.3, 0.4) is 0 Å². The van der Waals surface area contributed by atoms with Crippen LogP contribution in [0.25, 0.3) is 0 Å². The lowest BCUT2D eigenvalue weighted by Crippen LogP contribution is -2.35. The maximum absolute atomic E-state index is 12.3. The van der Waals surface area contributed by atoms with E-state index in [-0.39, 0.29) is 23.8 Å². The molecule has 1 saturated heterocycles. The predicted molar refractivity (Wildman–Crippen MR) is 119 cm³/mol. The summed E-state index contributed by atoms with van der Waals surface area (Å²) in [6.07, 6.45) is 0. The smallest absolute Gasteiger partial charge is 0.251 e. The molecule has 6 heteroatoms. The molecule has 1 aliphatic heterocycles. The van der Waals surface area contributed by atoms with E-state index in [0.717, 1.165) is 44.1 Å². The molecule has 0 spiro atoms. The minimum Gasteiger partial charge on any atom is -0.379 e. The molecule has 0 saturated carbocycles. The Balaban J connectivity index is 1.45. The van der Waals surface area contributed by atoms with Gasteiger partial charge >= 0.3 is 0 Å². The van der Waals surface area contributed by atoms with Gasteiger partial charge in [0.05, 0.1) is 19.8 Å². The van der Waals surface area contributed by atoms with Crippen LogP contribution in [0.5, 0.6) is 0 Å². The van der Waals surface area contributed by atoms with Crippen molar-refractivity contribution in [3.63, 3.8) is 0 Å². The fraction of sp³-hybridized carbons (Fsp3) is 0.417. The van der Waals surface area contributed by atoms with Crippen LogP contribution in [0.4, 0.5) is 5.69 Å². The Bertz CT molecular complexity index is 849. The number of nitrogens with zero attached hydrogens (tertiary/aromatic N) is 1. The van der Waals surface area contributed by atoms with Gasteiger partial charge in [0.2, 0.25) is 5.91 Å². The van der Waals surface area contributed by atoms with Gasteiger partial charge in [-0.05, 0) is 40.8 Å². The van der Waals surface area contributed by atoms with Gasteiger partial charge in [0.1, 0.15) is 0 Å². The van der Waals surface area contributed by atoms with Crippen molar-refractivity contribution in [1.29, 1.82) is 0 Å². The quantitative estimate of drug-likeness (QED) is 0.769. The lowest BCUT2D eigenvalue weighted by Gasteiger charge is -2.26. The van der Waals surface area contributed by atoms with Crippen LogP contribution in [-0.2, 0) is 21.5 Å². The highest BCUT2D eigenvalue weighted by molar-refractivity contribution is 5.99. The van der Waals surface area contributed by atoms with Gasteiger partial charge in [0.15, 0.2) is 0 Å². The van der Waals surface area contributed by atoms with E-state index < -0.39 is 0 Å². The number of nitrogens with one attached hydrogen (secondary N) is 2. The van der Waals surface area contributed by atoms with E-state index in [1.165, 1.54) is 5.56 Å². The average molecular weight is 410 g/mol. The van der Waals surface area contributed by atoms with Crippen molar-refractivity contribution < 1.29 is 14.3 Å². The molecule has 6 nitrogen and oxygen atoms in total. The van der Waals surface area contributed by atoms with Crippen molar-refractivity contribution in [3.8, 4) is 0 Å². The Morgan fingerprint density at radius 1 is 0.967 bits per heavy atom. The molecule has 2 aromatic carbocycles. The van der Waals surface area contributed by atoms with Crippen LogP contribution in [0.2, 0.25) is 0 Å². The summed E-state index contributed by atoms with van der Waals surface area (Å²) in [6.45, 7) is 10.6. The van der Waals surface area contributed by atoms with Gasteiger partial charge < -0.3 is 15.4 Å². The Morgan fingerprint density at radius 2 is 1.60 bits per heavy atom. The molecule has 1 aliphatic rings. The lowest BCUT2D eigenvalue weighted by atomic mass is 9.87. The summed E-state index contributed by atoms with van der Waals surface area (Å²) < 4.78 is 5.37. The zero-order valence-electron chi connectivity index (χ0n) is 18.0. The molecular weight excluding hydrogens is 378 g/mol. The van der Waals surface area contributed by atoms with Crippen molar-refractivity contribution in [2.24, 2.45) is 0 Å². The number of rotatable bonds is 6. The Hall–Kier alpha value is -2.70. The molecule has 2 aromatic rings. The first-order chi connectivity index (χ1) is 14.3. The summed E-state index contributed by atoms with van der Waals surface area (Å²) in [4.78, 5) is 26.8. The van der Waals surface area contributed by atoms with E-state index in [0.29, 0.717) is 5.56 Å². The molecule has 30 heavy (non-hydrogen) atoms. The second-order valence-electron chi connectivity index (χ2n) is 8.64. The van der Waals surface area contributed by atoms with Crippen molar-refractivity contribution in [2.45, 2.75) is 32.7 Å². The van der Waals surface area contributed by atoms with Crippen molar-refractivity contribution in [1.82, 2.24) is 10.2 Å². The van der Waals surface area contributed by atoms with Gasteiger partial charge in [-0.2, -0.15) is 0 Å². The molecule has 1 heterocycles. The SMILES string of the molecule is CC(C)(C)c1ccc(C(=O)NCC(=O)Nc2ccc(CN3CCOCC3)cc2)cc1. The minimum absolute atomic E-state index is 0.0344. The van der Waals surface area contributed by atoms with Crippen LogP contribution < -0.4 is 10.6 Å². The average Bonchev–Trinajstić information content (AvgIpc) is 2.74. The molecule has 0 aliphatic carbocycles. The predicted octanol–water partition coefficient (Wildman–Crippen LogP) is 3.18. The number of carbonyl (C=O) groups is 2. The van der Waals surface area contributed by atoms with Gasteiger partial charge in [-0.15, -0.1) is 0 Å². The fourth-order valence-corrected chi connectivity index (χ4v) is 3.30. The third kappa shape index (κ3) is 6.40. The summed E-state index contributed by atoms with van der Waals surface area (Å²) in [5.74, 6) is -0.512. The van der Waals surface area contributed by atoms with Crippen molar-refractivity contribution in [2.75, 3.05) is 38.2 Å². The number of anilines is 1. The highest BCUT2D eigenvalue weighted by atomic mass is 16.5. The Labute approximate surface area is 178 Å². The van der Waals surface area contributed by atoms with Crippen LogP contribution in [-0.4, -0.2) is 49.6 Å². The molecule has 3 rings (SSSR count). The fourth-order valence-electron chi connectivity index (χ4n) is 3.30. The van der Waals surface area contributed by atoms with E-state index >= 15 is 0 Å². The first kappa shape index (κ1) is 22.0. The first-order valence-corrected chi connectivity index (χ1v) is 10.4. The van der Waals surface area contributed by atoms with Gasteiger partial charge in [-0.3, -0.25) is 14.5 Å². The van der Waals surface area contributed by atoms with Gasteiger partial charge in [0.25, 0.3) is 5.91 Å². The number of hydrogen-bond donors (Lipinski definition) is 2. The largest absolute Gasteiger partial charge is 0.379 e. The van der Waals surface area contributed by atoms with Gasteiger partial charge in [-0.1, -0.05) is 45.0 Å². The summed E-state index contributed by atoms with van der Waals surface area (Å²) in [7, 11) is 0. The Kier molecular flexibility index (Phi) is 7.24. The van der Waals surface area contributed by atoms with Crippen molar-refractivity contribution in [3.05, 3.63) is 65.2 Å². The van der Waals surface area contributed by atoms with E-state index in [1.54, 1.807) is 12.1 Å². The molecule has 2 N–H and O–H groups in total. The molecule has 160 valence electrons. The number of hydrogen-bond acceptors (Lipinski definition) is 4. The molecule has 0 bridgehead atoms. The summed E-state index contributed by atoms with van der Waals surface area (Å²) in [6, 6.07) is 15.3. The minimum atomic E-state index is -0.258. The monoisotopic (exact) mass is 409 g/mol. The molecular formula is C24H31N3O3. The first-order valence-electron chi connectivity index (χ1n) is 10.4. The summed E-state index contributed by atoms with van der Waals surface area (Å²) in [5.41, 5.74) is 3.65. The summed E-state index contributed by atoms with van der Waals surface area (Å²) in [5, 5.41) is 5.49. The van der Waals surface area contributed by atoms with Crippen LogP contribution in [0, 0.1) is 0 Å². The molecule has 1 fully saturated rings. The number of benzene rings is 2. The number of morpholine rings is 1. The van der Waals surface area contributed by atoms with Crippen LogP contribution >= 0.6 is 0 Å². The number of ether oxygens (including phenoxy) is 1. The summed E-state index contributed by atoms with van der Waals surface area (Å²) >= 11 is 0. The molecule has 0 radical (unpaired) electrons. The zero-order chi connectivity index (χ0) is 21.6. The van der Waals surface area contributed by atoms with Crippen LogP contribution in [0.15, 0.2) is 48.5 Å². The van der Waals surface area contributed by atoms with E-state index in [1.807, 2.05) is 36.4 Å². The molecule has 0 aromatic heterocycles. The highest BCUT2D eigenvalue weighted by Gasteiger charge is 2.15. The zero-order valence-corrected chi connectivity index (χ0v) is 18.0. The standard InChI is InChI=1S/C24H31N3O3/c1-24(2,3)20-8-6-19(7-9-20)23(29)25-16-22(28)26-21-10-4-18(5-11-21)17-27-12-14-30-15-13-27/h4-11H,12-17H2,1-3H3,(H,25,29)(H,26,28). The number of amides is 2. The highest BCUT2D eigenvalue weighted by Crippen LogP contribution is 2.22. The maximum Gasteiger partial charge on any atom is 0.251 e. The topological polar surface area (TPSA) is 70.7 Å². The third-order valence-electron chi connectivity index (χ3n) is 5.17. The van der Waals surface area contributed by atoms with E-state index in [9.17, 15) is 9.59 Å². The molecule has 0 atom stereocenters. The molecule has 0 unspecified atom stereocenters. The third-order valence-corrected chi connectivity index (χ3v) is 5.17.